The summed E-state index contributed by atoms with van der Waals surface area (Å²) in [5.74, 6) is -0.993. The van der Waals surface area contributed by atoms with Gasteiger partial charge in [-0.2, -0.15) is 0 Å². The van der Waals surface area contributed by atoms with E-state index < -0.39 is 30.3 Å². The molecule has 1 amide bonds. The van der Waals surface area contributed by atoms with E-state index in [0.717, 1.165) is 5.56 Å². The van der Waals surface area contributed by atoms with Crippen LogP contribution in [0.1, 0.15) is 25.3 Å². The third kappa shape index (κ3) is 4.21. The molecule has 0 radical (unpaired) electrons. The van der Waals surface area contributed by atoms with Crippen molar-refractivity contribution < 1.29 is 28.6 Å². The minimum atomic E-state index is -0.840. The van der Waals surface area contributed by atoms with Gasteiger partial charge in [0.15, 0.2) is 6.23 Å². The normalized spacial score (nSPS) is 20.1. The van der Waals surface area contributed by atoms with E-state index in [9.17, 15) is 14.4 Å². The van der Waals surface area contributed by atoms with Crippen LogP contribution in [0.2, 0.25) is 0 Å². The highest BCUT2D eigenvalue weighted by molar-refractivity contribution is 5.85. The summed E-state index contributed by atoms with van der Waals surface area (Å²) < 4.78 is 14.8. The number of benzene rings is 1. The zero-order chi connectivity index (χ0) is 16.8. The van der Waals surface area contributed by atoms with Crippen molar-refractivity contribution in [2.24, 2.45) is 0 Å². The van der Waals surface area contributed by atoms with Gasteiger partial charge in [-0.1, -0.05) is 30.3 Å². The number of carbonyl (C=O) groups is 3. The van der Waals surface area contributed by atoms with Crippen molar-refractivity contribution >= 4 is 18.0 Å². The van der Waals surface area contributed by atoms with Gasteiger partial charge in [0.05, 0.1) is 7.11 Å². The van der Waals surface area contributed by atoms with Crippen molar-refractivity contribution in [3.05, 3.63) is 35.9 Å². The van der Waals surface area contributed by atoms with Gasteiger partial charge in [-0.15, -0.1) is 0 Å². The third-order valence-corrected chi connectivity index (χ3v) is 3.55. The molecular formula is C16H19NO6. The number of hydrogen-bond acceptors (Lipinski definition) is 6. The molecule has 1 aliphatic rings. The molecule has 0 spiro atoms. The van der Waals surface area contributed by atoms with Crippen LogP contribution in [0.25, 0.3) is 0 Å². The topological polar surface area (TPSA) is 82.1 Å². The molecule has 7 heteroatoms. The monoisotopic (exact) mass is 321 g/mol. The molecule has 0 saturated carbocycles. The summed E-state index contributed by atoms with van der Waals surface area (Å²) in [5, 5.41) is 0. The Labute approximate surface area is 134 Å². The largest absolute Gasteiger partial charge is 0.469 e. The van der Waals surface area contributed by atoms with Crippen LogP contribution in [-0.2, 0) is 30.4 Å². The first-order chi connectivity index (χ1) is 11.0. The highest BCUT2D eigenvalue weighted by Crippen LogP contribution is 2.23. The summed E-state index contributed by atoms with van der Waals surface area (Å²) in [6, 6.07) is 8.37. The molecular weight excluding hydrogens is 302 g/mol. The minimum Gasteiger partial charge on any atom is -0.469 e. The Morgan fingerprint density at radius 1 is 1.26 bits per heavy atom. The van der Waals surface area contributed by atoms with Crippen molar-refractivity contribution in [2.75, 3.05) is 7.11 Å². The lowest BCUT2D eigenvalue weighted by molar-refractivity contribution is -0.142. The van der Waals surface area contributed by atoms with Crippen molar-refractivity contribution in [3.63, 3.8) is 0 Å². The molecule has 1 aliphatic heterocycles. The summed E-state index contributed by atoms with van der Waals surface area (Å²) in [6.45, 7) is 1.68. The summed E-state index contributed by atoms with van der Waals surface area (Å²) in [7, 11) is 1.27. The van der Waals surface area contributed by atoms with Gasteiger partial charge >= 0.3 is 18.0 Å². The van der Waals surface area contributed by atoms with Gasteiger partial charge in [0.1, 0.15) is 12.6 Å². The Hall–Kier alpha value is -2.57. The van der Waals surface area contributed by atoms with Gasteiger partial charge in [-0.3, -0.25) is 9.69 Å². The van der Waals surface area contributed by atoms with Crippen molar-refractivity contribution in [3.8, 4) is 0 Å². The van der Waals surface area contributed by atoms with Crippen LogP contribution in [0.4, 0.5) is 4.79 Å². The molecule has 0 bridgehead atoms. The number of rotatable bonds is 5. The van der Waals surface area contributed by atoms with Gasteiger partial charge in [0.25, 0.3) is 0 Å². The highest BCUT2D eigenvalue weighted by Gasteiger charge is 2.43. The van der Waals surface area contributed by atoms with Crippen LogP contribution in [0.15, 0.2) is 30.3 Å². The van der Waals surface area contributed by atoms with Crippen LogP contribution < -0.4 is 0 Å². The lowest BCUT2D eigenvalue weighted by atomic mass is 10.1. The molecule has 1 heterocycles. The van der Waals surface area contributed by atoms with E-state index in [1.54, 1.807) is 6.92 Å². The van der Waals surface area contributed by atoms with Crippen molar-refractivity contribution in [1.82, 2.24) is 4.90 Å². The second-order valence-electron chi connectivity index (χ2n) is 5.11. The number of ether oxygens (including phenoxy) is 3. The zero-order valence-corrected chi connectivity index (χ0v) is 13.1. The van der Waals surface area contributed by atoms with E-state index >= 15 is 0 Å². The third-order valence-electron chi connectivity index (χ3n) is 3.55. The Balaban J connectivity index is 1.97. The number of methoxy groups -OCH3 is 1. The van der Waals surface area contributed by atoms with E-state index in [0.29, 0.717) is 0 Å². The SMILES string of the molecule is COC(=O)CC[C@H]1C(=O)OC(C)N1C(=O)OCc1ccccc1. The molecule has 23 heavy (non-hydrogen) atoms. The Bertz CT molecular complexity index is 573. The first-order valence-electron chi connectivity index (χ1n) is 7.29. The smallest absolute Gasteiger partial charge is 0.413 e. The molecule has 124 valence electrons. The molecule has 1 aromatic rings. The second kappa shape index (κ2) is 7.62. The summed E-state index contributed by atoms with van der Waals surface area (Å²) in [4.78, 5) is 36.6. The second-order valence-corrected chi connectivity index (χ2v) is 5.11. The fourth-order valence-electron chi connectivity index (χ4n) is 2.35. The maximum Gasteiger partial charge on any atom is 0.413 e. The average Bonchev–Trinajstić information content (AvgIpc) is 2.84. The van der Waals surface area contributed by atoms with Gasteiger partial charge in [0.2, 0.25) is 0 Å². The van der Waals surface area contributed by atoms with E-state index in [-0.39, 0.29) is 19.4 Å². The Morgan fingerprint density at radius 2 is 1.96 bits per heavy atom. The fourth-order valence-corrected chi connectivity index (χ4v) is 2.35. The molecule has 1 aromatic carbocycles. The number of carbonyl (C=O) groups excluding carboxylic acids is 3. The Kier molecular flexibility index (Phi) is 5.56. The average molecular weight is 321 g/mol. The maximum absolute atomic E-state index is 12.3. The summed E-state index contributed by atoms with van der Waals surface area (Å²) in [6.07, 6.45) is -1.22. The number of hydrogen-bond donors (Lipinski definition) is 0. The first-order valence-corrected chi connectivity index (χ1v) is 7.29. The van der Waals surface area contributed by atoms with E-state index in [1.165, 1.54) is 12.0 Å². The molecule has 2 atom stereocenters. The van der Waals surface area contributed by atoms with Crippen LogP contribution in [0.3, 0.4) is 0 Å². The van der Waals surface area contributed by atoms with Crippen LogP contribution in [0.5, 0.6) is 0 Å². The number of nitrogens with zero attached hydrogens (tertiary/aromatic N) is 1. The predicted molar refractivity (Wildman–Crippen MR) is 79.1 cm³/mol. The predicted octanol–water partition coefficient (Wildman–Crippen LogP) is 1.85. The quantitative estimate of drug-likeness (QED) is 0.608. The van der Waals surface area contributed by atoms with Gasteiger partial charge < -0.3 is 14.2 Å². The van der Waals surface area contributed by atoms with Crippen LogP contribution >= 0.6 is 0 Å². The van der Waals surface area contributed by atoms with Gasteiger partial charge in [0, 0.05) is 6.42 Å². The van der Waals surface area contributed by atoms with Gasteiger partial charge in [-0.25, -0.2) is 9.59 Å². The van der Waals surface area contributed by atoms with E-state index in [2.05, 4.69) is 4.74 Å². The molecule has 1 fully saturated rings. The minimum absolute atomic E-state index is 0.0193. The number of cyclic esters (lactones) is 1. The Morgan fingerprint density at radius 3 is 2.61 bits per heavy atom. The standard InChI is InChI=1S/C16H19NO6/c1-11-17(13(15(19)23-11)8-9-14(18)21-2)16(20)22-10-12-6-4-3-5-7-12/h3-7,11,13H,8-10H2,1-2H3/t11?,13-/m0/s1. The van der Waals surface area contributed by atoms with Crippen LogP contribution in [-0.4, -0.2) is 42.3 Å². The lowest BCUT2D eigenvalue weighted by Crippen LogP contribution is -2.42. The molecule has 0 aliphatic carbocycles. The van der Waals surface area contributed by atoms with E-state index in [1.807, 2.05) is 30.3 Å². The van der Waals surface area contributed by atoms with E-state index in [4.69, 9.17) is 9.47 Å². The van der Waals surface area contributed by atoms with Crippen molar-refractivity contribution in [1.29, 1.82) is 0 Å². The summed E-state index contributed by atoms with van der Waals surface area (Å²) in [5.41, 5.74) is 0.839. The molecule has 0 N–H and O–H groups in total. The maximum atomic E-state index is 12.3. The molecule has 0 aromatic heterocycles. The molecule has 2 rings (SSSR count). The van der Waals surface area contributed by atoms with Gasteiger partial charge in [-0.05, 0) is 18.9 Å². The zero-order valence-electron chi connectivity index (χ0n) is 13.1. The fraction of sp³-hybridized carbons (Fsp3) is 0.438. The molecule has 1 saturated heterocycles. The van der Waals surface area contributed by atoms with Crippen molar-refractivity contribution in [2.45, 2.75) is 38.6 Å². The number of esters is 2. The highest BCUT2D eigenvalue weighted by atomic mass is 16.6. The first kappa shape index (κ1) is 16.8. The summed E-state index contributed by atoms with van der Waals surface area (Å²) >= 11 is 0. The molecule has 7 nitrogen and oxygen atoms in total. The van der Waals surface area contributed by atoms with Crippen LogP contribution in [0, 0.1) is 0 Å². The number of amides is 1. The molecule has 1 unspecified atom stereocenters. The lowest BCUT2D eigenvalue weighted by Gasteiger charge is -2.23.